The second-order valence-electron chi connectivity index (χ2n) is 5.10. The van der Waals surface area contributed by atoms with Crippen molar-refractivity contribution in [3.63, 3.8) is 0 Å². The van der Waals surface area contributed by atoms with Crippen LogP contribution in [-0.2, 0) is 0 Å². The van der Waals surface area contributed by atoms with Crippen molar-refractivity contribution in [3.8, 4) is 11.5 Å². The molecule has 5 heteroatoms. The summed E-state index contributed by atoms with van der Waals surface area (Å²) in [5, 5.41) is 5.82. The highest BCUT2D eigenvalue weighted by Crippen LogP contribution is 2.32. The molecule has 5 nitrogen and oxygen atoms in total. The lowest BCUT2D eigenvalue weighted by atomic mass is 10.2. The van der Waals surface area contributed by atoms with E-state index in [-0.39, 0.29) is 12.1 Å². The van der Waals surface area contributed by atoms with Crippen LogP contribution < -0.4 is 20.1 Å². The molecule has 110 valence electrons. The molecule has 20 heavy (non-hydrogen) atoms. The Morgan fingerprint density at radius 1 is 1.15 bits per heavy atom. The van der Waals surface area contributed by atoms with Gasteiger partial charge in [-0.05, 0) is 31.4 Å². The average molecular weight is 278 g/mol. The summed E-state index contributed by atoms with van der Waals surface area (Å²) in [6.45, 7) is 1.93. The third-order valence-corrected chi connectivity index (χ3v) is 3.66. The molecule has 0 heterocycles. The normalized spacial score (nSPS) is 14.9. The van der Waals surface area contributed by atoms with E-state index in [2.05, 4.69) is 10.6 Å². The van der Waals surface area contributed by atoms with Gasteiger partial charge >= 0.3 is 6.03 Å². The molecule has 1 aromatic carbocycles. The molecule has 1 fully saturated rings. The van der Waals surface area contributed by atoms with Crippen LogP contribution in [0, 0.1) is 6.92 Å². The quantitative estimate of drug-likeness (QED) is 0.889. The van der Waals surface area contributed by atoms with Crippen molar-refractivity contribution in [2.45, 2.75) is 38.6 Å². The van der Waals surface area contributed by atoms with Gasteiger partial charge in [0.1, 0.15) is 11.5 Å². The molecule has 1 aliphatic carbocycles. The van der Waals surface area contributed by atoms with Gasteiger partial charge in [-0.2, -0.15) is 0 Å². The van der Waals surface area contributed by atoms with Crippen LogP contribution in [0.2, 0.25) is 0 Å². The Balaban J connectivity index is 2.08. The standard InChI is InChI=1S/C15H22N2O3/c1-10-8-14(20-3)12(9-13(10)19-2)17-15(18)16-11-6-4-5-7-11/h8-9,11H,4-7H2,1-3H3,(H2,16,17,18). The van der Waals surface area contributed by atoms with Gasteiger partial charge in [0.2, 0.25) is 0 Å². The number of benzene rings is 1. The van der Waals surface area contributed by atoms with Gasteiger partial charge in [0.05, 0.1) is 19.9 Å². The van der Waals surface area contributed by atoms with E-state index in [0.717, 1.165) is 24.2 Å². The lowest BCUT2D eigenvalue weighted by Gasteiger charge is -2.16. The number of ether oxygens (including phenoxy) is 2. The van der Waals surface area contributed by atoms with Gasteiger partial charge < -0.3 is 20.1 Å². The Kier molecular flexibility index (Phi) is 4.71. The van der Waals surface area contributed by atoms with Crippen LogP contribution >= 0.6 is 0 Å². The number of rotatable bonds is 4. The van der Waals surface area contributed by atoms with Crippen LogP contribution in [0.15, 0.2) is 12.1 Å². The molecular formula is C15H22N2O3. The maximum atomic E-state index is 12.0. The summed E-state index contributed by atoms with van der Waals surface area (Å²) in [4.78, 5) is 12.0. The largest absolute Gasteiger partial charge is 0.496 e. The first-order chi connectivity index (χ1) is 9.63. The molecule has 0 atom stereocenters. The Morgan fingerprint density at radius 2 is 1.80 bits per heavy atom. The number of carbonyl (C=O) groups is 1. The zero-order valence-electron chi connectivity index (χ0n) is 12.3. The topological polar surface area (TPSA) is 59.6 Å². The summed E-state index contributed by atoms with van der Waals surface area (Å²) < 4.78 is 10.6. The first-order valence-electron chi connectivity index (χ1n) is 6.94. The summed E-state index contributed by atoms with van der Waals surface area (Å²) in [7, 11) is 3.19. The molecule has 0 aliphatic heterocycles. The van der Waals surface area contributed by atoms with E-state index >= 15 is 0 Å². The van der Waals surface area contributed by atoms with Gasteiger partial charge in [0.15, 0.2) is 0 Å². The van der Waals surface area contributed by atoms with Gasteiger partial charge in [0.25, 0.3) is 0 Å². The maximum Gasteiger partial charge on any atom is 0.319 e. The minimum atomic E-state index is -0.193. The SMILES string of the molecule is COc1cc(NC(=O)NC2CCCC2)c(OC)cc1C. The van der Waals surface area contributed by atoms with Crippen LogP contribution in [0.4, 0.5) is 10.5 Å². The maximum absolute atomic E-state index is 12.0. The van der Waals surface area contributed by atoms with E-state index in [1.807, 2.05) is 13.0 Å². The molecule has 2 N–H and O–H groups in total. The molecule has 0 radical (unpaired) electrons. The van der Waals surface area contributed by atoms with E-state index in [1.54, 1.807) is 20.3 Å². The van der Waals surface area contributed by atoms with Gasteiger partial charge in [0, 0.05) is 12.1 Å². The summed E-state index contributed by atoms with van der Waals surface area (Å²) in [5.74, 6) is 1.35. The number of anilines is 1. The third kappa shape index (κ3) is 3.35. The van der Waals surface area contributed by atoms with Gasteiger partial charge in [-0.3, -0.25) is 0 Å². The Bertz CT molecular complexity index is 482. The number of urea groups is 1. The zero-order chi connectivity index (χ0) is 14.5. The first-order valence-corrected chi connectivity index (χ1v) is 6.94. The molecule has 2 rings (SSSR count). The third-order valence-electron chi connectivity index (χ3n) is 3.66. The lowest BCUT2D eigenvalue weighted by Crippen LogP contribution is -2.36. The summed E-state index contributed by atoms with van der Waals surface area (Å²) >= 11 is 0. The highest BCUT2D eigenvalue weighted by molar-refractivity contribution is 5.91. The number of methoxy groups -OCH3 is 2. The van der Waals surface area contributed by atoms with Gasteiger partial charge in [-0.1, -0.05) is 12.8 Å². The lowest BCUT2D eigenvalue weighted by molar-refractivity contribution is 0.248. The van der Waals surface area contributed by atoms with E-state index in [1.165, 1.54) is 12.8 Å². The molecular weight excluding hydrogens is 256 g/mol. The smallest absolute Gasteiger partial charge is 0.319 e. The van der Waals surface area contributed by atoms with Crippen LogP contribution in [0.3, 0.4) is 0 Å². The number of carbonyl (C=O) groups excluding carboxylic acids is 1. The summed E-state index contributed by atoms with van der Waals surface area (Å²) in [6.07, 6.45) is 4.49. The Labute approximate surface area is 119 Å². The second kappa shape index (κ2) is 6.50. The van der Waals surface area contributed by atoms with Crippen LogP contribution in [0.5, 0.6) is 11.5 Å². The van der Waals surface area contributed by atoms with Crippen molar-refractivity contribution < 1.29 is 14.3 Å². The van der Waals surface area contributed by atoms with E-state index in [0.29, 0.717) is 11.4 Å². The zero-order valence-corrected chi connectivity index (χ0v) is 12.3. The molecule has 0 aromatic heterocycles. The fourth-order valence-corrected chi connectivity index (χ4v) is 2.56. The summed E-state index contributed by atoms with van der Waals surface area (Å²) in [6, 6.07) is 3.72. The number of nitrogens with one attached hydrogen (secondary N) is 2. The molecule has 0 saturated heterocycles. The number of aryl methyl sites for hydroxylation is 1. The molecule has 0 unspecified atom stereocenters. The van der Waals surface area contributed by atoms with Crippen LogP contribution in [-0.4, -0.2) is 26.3 Å². The molecule has 1 aliphatic rings. The molecule has 2 amide bonds. The minimum absolute atomic E-state index is 0.193. The van der Waals surface area contributed by atoms with Gasteiger partial charge in [-0.25, -0.2) is 4.79 Å². The molecule has 0 bridgehead atoms. The van der Waals surface area contributed by atoms with Crippen molar-refractivity contribution in [3.05, 3.63) is 17.7 Å². The van der Waals surface area contributed by atoms with Crippen molar-refractivity contribution >= 4 is 11.7 Å². The van der Waals surface area contributed by atoms with Crippen molar-refractivity contribution in [1.82, 2.24) is 5.32 Å². The second-order valence-corrected chi connectivity index (χ2v) is 5.10. The van der Waals surface area contributed by atoms with Crippen molar-refractivity contribution in [2.24, 2.45) is 0 Å². The fourth-order valence-electron chi connectivity index (χ4n) is 2.56. The monoisotopic (exact) mass is 278 g/mol. The predicted molar refractivity (Wildman–Crippen MR) is 78.7 cm³/mol. The first kappa shape index (κ1) is 14.5. The van der Waals surface area contributed by atoms with E-state index in [9.17, 15) is 4.79 Å². The molecule has 0 spiro atoms. The van der Waals surface area contributed by atoms with Crippen LogP contribution in [0.1, 0.15) is 31.2 Å². The van der Waals surface area contributed by atoms with Gasteiger partial charge in [-0.15, -0.1) is 0 Å². The molecule has 1 saturated carbocycles. The molecule has 1 aromatic rings. The van der Waals surface area contributed by atoms with E-state index < -0.39 is 0 Å². The summed E-state index contributed by atoms with van der Waals surface area (Å²) in [5.41, 5.74) is 1.58. The number of amides is 2. The van der Waals surface area contributed by atoms with Crippen molar-refractivity contribution in [1.29, 1.82) is 0 Å². The van der Waals surface area contributed by atoms with E-state index in [4.69, 9.17) is 9.47 Å². The van der Waals surface area contributed by atoms with Crippen molar-refractivity contribution in [2.75, 3.05) is 19.5 Å². The highest BCUT2D eigenvalue weighted by Gasteiger charge is 2.18. The highest BCUT2D eigenvalue weighted by atomic mass is 16.5. The average Bonchev–Trinajstić information content (AvgIpc) is 2.92. The minimum Gasteiger partial charge on any atom is -0.496 e. The number of hydrogen-bond donors (Lipinski definition) is 2. The fraction of sp³-hybridized carbons (Fsp3) is 0.533. The predicted octanol–water partition coefficient (Wildman–Crippen LogP) is 3.08. The van der Waals surface area contributed by atoms with Crippen LogP contribution in [0.25, 0.3) is 0 Å². The number of hydrogen-bond acceptors (Lipinski definition) is 3. The Morgan fingerprint density at radius 3 is 2.40 bits per heavy atom. The Hall–Kier alpha value is -1.91.